The Labute approximate surface area is 233 Å². The first-order valence-corrected chi connectivity index (χ1v) is 14.6. The van der Waals surface area contributed by atoms with E-state index in [9.17, 15) is 8.60 Å². The van der Waals surface area contributed by atoms with Crippen molar-refractivity contribution in [1.82, 2.24) is 14.9 Å². The van der Waals surface area contributed by atoms with Gasteiger partial charge >= 0.3 is 0 Å². The van der Waals surface area contributed by atoms with Gasteiger partial charge in [-0.25, -0.2) is 23.0 Å². The van der Waals surface area contributed by atoms with Crippen LogP contribution in [0.4, 0.5) is 20.3 Å². The number of likely N-dealkylation sites (tertiary alicyclic amines) is 1. The zero-order valence-corrected chi connectivity index (χ0v) is 23.3. The molecule has 1 unspecified atom stereocenters. The number of methoxy groups -OCH3 is 1. The van der Waals surface area contributed by atoms with E-state index >= 15 is 4.39 Å². The smallest absolute Gasteiger partial charge is 0.184 e. The third-order valence-corrected chi connectivity index (χ3v) is 8.65. The quantitative estimate of drug-likeness (QED) is 0.270. The molecule has 1 aliphatic heterocycles. The van der Waals surface area contributed by atoms with E-state index in [4.69, 9.17) is 4.74 Å². The largest absolute Gasteiger partial charge is 0.497 e. The summed E-state index contributed by atoms with van der Waals surface area (Å²) in [5, 5.41) is 5.01. The Morgan fingerprint density at radius 2 is 1.97 bits per heavy atom. The molecule has 11 heteroatoms. The highest BCUT2D eigenvalue weighted by atomic mass is 32.2. The molecular weight excluding hydrogens is 540 g/mol. The van der Waals surface area contributed by atoms with E-state index in [1.54, 1.807) is 37.1 Å². The molecule has 7 nitrogen and oxygen atoms in total. The number of anilines is 2. The van der Waals surface area contributed by atoms with Crippen molar-refractivity contribution in [3.63, 3.8) is 0 Å². The summed E-state index contributed by atoms with van der Waals surface area (Å²) in [4.78, 5) is 10.8. The summed E-state index contributed by atoms with van der Waals surface area (Å²) < 4.78 is 50.1. The standard InChI is InChI=1S/C28H29F2N5O2S2/c1-19-25(33-22-11-12-34(16-22)15-21-5-3-4-6-24(21)29)13-31-28(27(19)30)39(36)35(26-17-38-18-32-26)14-20-7-9-23(37-2)10-8-20/h3-10,13,17-18,22,33H,11-12,14-16H2,1-2H3/t22-,39?/m0/s1. The second kappa shape index (κ2) is 12.2. The highest BCUT2D eigenvalue weighted by Crippen LogP contribution is 2.28. The van der Waals surface area contributed by atoms with Crippen molar-refractivity contribution in [2.75, 3.05) is 29.8 Å². The van der Waals surface area contributed by atoms with E-state index in [0.29, 0.717) is 41.5 Å². The second-order valence-electron chi connectivity index (χ2n) is 9.35. The average Bonchev–Trinajstić information content (AvgIpc) is 3.64. The highest BCUT2D eigenvalue weighted by Gasteiger charge is 2.27. The lowest BCUT2D eigenvalue weighted by atomic mass is 10.2. The van der Waals surface area contributed by atoms with Crippen LogP contribution in [-0.4, -0.2) is 45.3 Å². The molecule has 5 rings (SSSR count). The normalized spacial score (nSPS) is 16.3. The van der Waals surface area contributed by atoms with E-state index < -0.39 is 16.8 Å². The lowest BCUT2D eigenvalue weighted by Crippen LogP contribution is -2.28. The van der Waals surface area contributed by atoms with Gasteiger partial charge in [0.2, 0.25) is 0 Å². The minimum atomic E-state index is -1.93. The molecule has 0 radical (unpaired) electrons. The number of ether oxygens (including phenoxy) is 1. The maximum Gasteiger partial charge on any atom is 0.184 e. The Morgan fingerprint density at radius 1 is 1.18 bits per heavy atom. The first kappa shape index (κ1) is 27.2. The van der Waals surface area contributed by atoms with Crippen LogP contribution in [0.5, 0.6) is 5.75 Å². The summed E-state index contributed by atoms with van der Waals surface area (Å²) in [6.45, 7) is 3.93. The maximum absolute atomic E-state index is 15.6. The van der Waals surface area contributed by atoms with Gasteiger partial charge in [0.25, 0.3) is 0 Å². The van der Waals surface area contributed by atoms with Gasteiger partial charge in [-0.2, -0.15) is 0 Å². The molecule has 0 aliphatic carbocycles. The van der Waals surface area contributed by atoms with Crippen LogP contribution in [0.3, 0.4) is 0 Å². The van der Waals surface area contributed by atoms with Gasteiger partial charge in [0.05, 0.1) is 31.0 Å². The molecule has 1 aliphatic rings. The van der Waals surface area contributed by atoms with Gasteiger partial charge in [0.15, 0.2) is 27.6 Å². The van der Waals surface area contributed by atoms with Crippen molar-refractivity contribution >= 4 is 33.8 Å². The van der Waals surface area contributed by atoms with Crippen LogP contribution in [0, 0.1) is 18.6 Å². The molecule has 1 fully saturated rings. The van der Waals surface area contributed by atoms with Gasteiger partial charge in [0, 0.05) is 42.2 Å². The second-order valence-corrected chi connectivity index (χ2v) is 11.4. The van der Waals surface area contributed by atoms with E-state index in [0.717, 1.165) is 18.5 Å². The van der Waals surface area contributed by atoms with Crippen molar-refractivity contribution in [3.05, 3.63) is 93.9 Å². The topological polar surface area (TPSA) is 70.6 Å². The Morgan fingerprint density at radius 3 is 2.69 bits per heavy atom. The van der Waals surface area contributed by atoms with Gasteiger partial charge in [0.1, 0.15) is 11.6 Å². The number of halogens is 2. The van der Waals surface area contributed by atoms with Crippen molar-refractivity contribution in [2.45, 2.75) is 37.5 Å². The number of thiazole rings is 1. The van der Waals surface area contributed by atoms with Gasteiger partial charge < -0.3 is 10.1 Å². The predicted octanol–water partition coefficient (Wildman–Crippen LogP) is 5.55. The van der Waals surface area contributed by atoms with Crippen LogP contribution in [0.15, 0.2) is 70.6 Å². The zero-order valence-electron chi connectivity index (χ0n) is 21.6. The van der Waals surface area contributed by atoms with Crippen LogP contribution >= 0.6 is 11.3 Å². The summed E-state index contributed by atoms with van der Waals surface area (Å²) in [5.74, 6) is 0.369. The van der Waals surface area contributed by atoms with E-state index in [1.165, 1.54) is 27.9 Å². The maximum atomic E-state index is 15.6. The van der Waals surface area contributed by atoms with Crippen molar-refractivity contribution in [1.29, 1.82) is 0 Å². The third kappa shape index (κ3) is 6.26. The summed E-state index contributed by atoms with van der Waals surface area (Å²) in [7, 11) is -0.341. The predicted molar refractivity (Wildman–Crippen MR) is 150 cm³/mol. The van der Waals surface area contributed by atoms with Gasteiger partial charge in [-0.05, 0) is 37.1 Å². The highest BCUT2D eigenvalue weighted by molar-refractivity contribution is 7.86. The van der Waals surface area contributed by atoms with Crippen LogP contribution in [0.2, 0.25) is 0 Å². The van der Waals surface area contributed by atoms with Crippen LogP contribution in [0.1, 0.15) is 23.1 Å². The first-order chi connectivity index (χ1) is 18.9. The molecule has 0 spiro atoms. The first-order valence-electron chi connectivity index (χ1n) is 12.5. The molecule has 0 bridgehead atoms. The van der Waals surface area contributed by atoms with Gasteiger partial charge in [-0.3, -0.25) is 9.21 Å². The van der Waals surface area contributed by atoms with E-state index in [2.05, 4.69) is 20.2 Å². The van der Waals surface area contributed by atoms with Crippen LogP contribution < -0.4 is 14.4 Å². The average molecular weight is 570 g/mol. The Hall–Kier alpha value is -3.41. The fraction of sp³-hybridized carbons (Fsp3) is 0.286. The molecule has 204 valence electrons. The molecule has 0 saturated carbocycles. The SMILES string of the molecule is COc1ccc(CN(c2cscn2)S(=O)c2ncc(N[C@H]3CCN(Cc4ccccc4F)C3)c(C)c2F)cc1. The fourth-order valence-corrected chi connectivity index (χ4v) is 6.36. The number of hydrogen-bond acceptors (Lipinski definition) is 7. The van der Waals surface area contributed by atoms with Gasteiger partial charge in [-0.1, -0.05) is 30.3 Å². The molecule has 1 N–H and O–H groups in total. The summed E-state index contributed by atoms with van der Waals surface area (Å²) in [6.07, 6.45) is 2.38. The third-order valence-electron chi connectivity index (χ3n) is 6.74. The number of rotatable bonds is 10. The summed E-state index contributed by atoms with van der Waals surface area (Å²) in [5.41, 5.74) is 4.08. The minimum absolute atomic E-state index is 0.0644. The molecule has 1 saturated heterocycles. The van der Waals surface area contributed by atoms with Gasteiger partial charge in [-0.15, -0.1) is 11.3 Å². The Bertz CT molecular complexity index is 1440. The van der Waals surface area contributed by atoms with Crippen LogP contribution in [0.25, 0.3) is 0 Å². The number of pyridine rings is 1. The molecule has 2 aromatic carbocycles. The van der Waals surface area contributed by atoms with E-state index in [1.807, 2.05) is 30.3 Å². The molecule has 3 heterocycles. The molecule has 4 aromatic rings. The van der Waals surface area contributed by atoms with Crippen LogP contribution in [-0.2, 0) is 24.1 Å². The number of benzene rings is 2. The Balaban J connectivity index is 1.30. The molecule has 0 amide bonds. The zero-order chi connectivity index (χ0) is 27.4. The molecule has 2 atom stereocenters. The number of aromatic nitrogens is 2. The number of hydrogen-bond donors (Lipinski definition) is 1. The van der Waals surface area contributed by atoms with Crippen molar-refractivity contribution in [3.8, 4) is 5.75 Å². The minimum Gasteiger partial charge on any atom is -0.497 e. The monoisotopic (exact) mass is 569 g/mol. The van der Waals surface area contributed by atoms with E-state index in [-0.39, 0.29) is 23.4 Å². The fourth-order valence-electron chi connectivity index (χ4n) is 4.56. The summed E-state index contributed by atoms with van der Waals surface area (Å²) in [6, 6.07) is 14.2. The Kier molecular flexibility index (Phi) is 8.49. The summed E-state index contributed by atoms with van der Waals surface area (Å²) >= 11 is 1.37. The number of nitrogens with one attached hydrogen (secondary N) is 1. The lowest BCUT2D eigenvalue weighted by molar-refractivity contribution is 0.323. The molecular formula is C28H29F2N5O2S2. The number of nitrogens with zero attached hydrogens (tertiary/aromatic N) is 4. The molecule has 39 heavy (non-hydrogen) atoms. The lowest BCUT2D eigenvalue weighted by Gasteiger charge is -2.22. The van der Waals surface area contributed by atoms with Crippen molar-refractivity contribution < 1.29 is 17.7 Å². The molecule has 2 aromatic heterocycles. The van der Waals surface area contributed by atoms with Crippen molar-refractivity contribution in [2.24, 2.45) is 0 Å².